The van der Waals surface area contributed by atoms with Crippen LogP contribution < -0.4 is 5.32 Å². The molecule has 28 heavy (non-hydrogen) atoms. The van der Waals surface area contributed by atoms with Gasteiger partial charge < -0.3 is 19.9 Å². The Bertz CT molecular complexity index is 974. The van der Waals surface area contributed by atoms with Crippen molar-refractivity contribution in [3.8, 4) is 0 Å². The molecule has 6 nitrogen and oxygen atoms in total. The van der Waals surface area contributed by atoms with Gasteiger partial charge in [0.25, 0.3) is 5.91 Å². The number of thiophene rings is 1. The van der Waals surface area contributed by atoms with Crippen LogP contribution in [0.25, 0.3) is 11.0 Å². The minimum atomic E-state index is -0.364. The molecule has 0 spiro atoms. The van der Waals surface area contributed by atoms with Crippen LogP contribution in [0.2, 0.25) is 5.02 Å². The number of amides is 1. The first kappa shape index (κ1) is 19.4. The van der Waals surface area contributed by atoms with Gasteiger partial charge in [-0.3, -0.25) is 4.79 Å². The zero-order valence-corrected chi connectivity index (χ0v) is 17.5. The highest BCUT2D eigenvalue weighted by Gasteiger charge is 2.22. The Morgan fingerprint density at radius 1 is 1.39 bits per heavy atom. The van der Waals surface area contributed by atoms with E-state index in [0.717, 1.165) is 41.8 Å². The molecule has 0 unspecified atom stereocenters. The molecule has 0 aliphatic carbocycles. The summed E-state index contributed by atoms with van der Waals surface area (Å²) in [6.45, 7) is 2.39. The fraction of sp³-hybridized carbons (Fsp3) is 0.400. The lowest BCUT2D eigenvalue weighted by molar-refractivity contribution is 0.0896. The Labute approximate surface area is 172 Å². The summed E-state index contributed by atoms with van der Waals surface area (Å²) < 4.78 is 5.32. The van der Waals surface area contributed by atoms with E-state index >= 15 is 0 Å². The third-order valence-electron chi connectivity index (χ3n) is 5.03. The molecule has 0 bridgehead atoms. The molecule has 1 aromatic carbocycles. The molecule has 2 N–H and O–H groups in total. The van der Waals surface area contributed by atoms with E-state index in [4.69, 9.17) is 16.3 Å². The Balaban J connectivity index is 1.54. The van der Waals surface area contributed by atoms with Gasteiger partial charge in [0.2, 0.25) is 0 Å². The standard InChI is InChI=1S/C20H23ClN4O2S/c1-25-7-5-12-9-18(28-17(12)6-8-25)20(26)24-16(11-27-2)19-22-14-4-3-13(21)10-15(14)23-19/h3-4,9-10,16H,5-8,11H2,1-2H3,(H,22,23)(H,24,26)/t16-/m0/s1. The topological polar surface area (TPSA) is 70.2 Å². The molecular weight excluding hydrogens is 396 g/mol. The molecule has 3 heterocycles. The van der Waals surface area contributed by atoms with Crippen LogP contribution in [0.3, 0.4) is 0 Å². The van der Waals surface area contributed by atoms with Crippen molar-refractivity contribution >= 4 is 39.9 Å². The summed E-state index contributed by atoms with van der Waals surface area (Å²) in [5, 5.41) is 3.71. The minimum absolute atomic E-state index is 0.0908. The average molecular weight is 419 g/mol. The van der Waals surface area contributed by atoms with Gasteiger partial charge in [-0.1, -0.05) is 11.6 Å². The van der Waals surface area contributed by atoms with Crippen molar-refractivity contribution in [2.24, 2.45) is 0 Å². The van der Waals surface area contributed by atoms with Crippen LogP contribution in [-0.4, -0.2) is 54.6 Å². The minimum Gasteiger partial charge on any atom is -0.382 e. The van der Waals surface area contributed by atoms with Gasteiger partial charge in [0.1, 0.15) is 11.9 Å². The molecule has 0 saturated heterocycles. The lowest BCUT2D eigenvalue weighted by Gasteiger charge is -2.15. The molecule has 1 aliphatic heterocycles. The van der Waals surface area contributed by atoms with E-state index in [1.165, 1.54) is 10.4 Å². The molecule has 8 heteroatoms. The first-order chi connectivity index (χ1) is 13.5. The number of carbonyl (C=O) groups excluding carboxylic acids is 1. The number of benzene rings is 1. The number of ether oxygens (including phenoxy) is 1. The second-order valence-corrected chi connectivity index (χ2v) is 8.70. The second kappa shape index (κ2) is 8.21. The Morgan fingerprint density at radius 3 is 3.04 bits per heavy atom. The number of aromatic nitrogens is 2. The van der Waals surface area contributed by atoms with Gasteiger partial charge in [0.15, 0.2) is 0 Å². The van der Waals surface area contributed by atoms with E-state index in [9.17, 15) is 4.79 Å². The van der Waals surface area contributed by atoms with Crippen molar-refractivity contribution in [2.45, 2.75) is 18.9 Å². The lowest BCUT2D eigenvalue weighted by atomic mass is 10.1. The van der Waals surface area contributed by atoms with Crippen molar-refractivity contribution in [1.82, 2.24) is 20.2 Å². The van der Waals surface area contributed by atoms with Crippen LogP contribution in [0.1, 0.15) is 32.0 Å². The molecule has 1 amide bonds. The lowest BCUT2D eigenvalue weighted by Crippen LogP contribution is -2.31. The number of fused-ring (bicyclic) bond motifs is 2. The fourth-order valence-corrected chi connectivity index (χ4v) is 4.74. The molecule has 0 radical (unpaired) electrons. The second-order valence-electron chi connectivity index (χ2n) is 7.13. The maximum absolute atomic E-state index is 12.9. The Morgan fingerprint density at radius 2 is 2.21 bits per heavy atom. The number of hydrogen-bond donors (Lipinski definition) is 2. The van der Waals surface area contributed by atoms with Crippen LogP contribution in [-0.2, 0) is 17.6 Å². The van der Waals surface area contributed by atoms with Gasteiger partial charge >= 0.3 is 0 Å². The zero-order valence-electron chi connectivity index (χ0n) is 15.9. The van der Waals surface area contributed by atoms with Gasteiger partial charge in [0, 0.05) is 30.1 Å². The van der Waals surface area contributed by atoms with Crippen molar-refractivity contribution in [1.29, 1.82) is 0 Å². The number of rotatable bonds is 5. The molecule has 3 aromatic rings. The largest absolute Gasteiger partial charge is 0.382 e. The predicted molar refractivity (Wildman–Crippen MR) is 112 cm³/mol. The van der Waals surface area contributed by atoms with E-state index in [2.05, 4.69) is 27.2 Å². The van der Waals surface area contributed by atoms with Gasteiger partial charge in [-0.05, 0) is 49.7 Å². The number of imidazole rings is 1. The molecule has 4 rings (SSSR count). The predicted octanol–water partition coefficient (Wildman–Crippen LogP) is 3.43. The van der Waals surface area contributed by atoms with E-state index in [-0.39, 0.29) is 11.9 Å². The van der Waals surface area contributed by atoms with Crippen LogP contribution in [0.4, 0.5) is 0 Å². The summed E-state index contributed by atoms with van der Waals surface area (Å²) in [5.74, 6) is 0.569. The van der Waals surface area contributed by atoms with E-state index in [1.807, 2.05) is 18.2 Å². The van der Waals surface area contributed by atoms with Gasteiger partial charge in [0.05, 0.1) is 22.5 Å². The van der Waals surface area contributed by atoms with Gasteiger partial charge in [-0.2, -0.15) is 0 Å². The number of H-pyrrole nitrogens is 1. The number of methoxy groups -OCH3 is 1. The molecule has 0 fully saturated rings. The van der Waals surface area contributed by atoms with E-state index in [0.29, 0.717) is 17.5 Å². The van der Waals surface area contributed by atoms with Crippen LogP contribution >= 0.6 is 22.9 Å². The summed E-state index contributed by atoms with van der Waals surface area (Å²) in [7, 11) is 3.75. The van der Waals surface area contributed by atoms with E-state index in [1.54, 1.807) is 24.5 Å². The third-order valence-corrected chi connectivity index (χ3v) is 6.51. The fourth-order valence-electron chi connectivity index (χ4n) is 3.47. The van der Waals surface area contributed by atoms with Crippen molar-refractivity contribution in [3.63, 3.8) is 0 Å². The van der Waals surface area contributed by atoms with Gasteiger partial charge in [-0.25, -0.2) is 4.98 Å². The van der Waals surface area contributed by atoms with E-state index < -0.39 is 0 Å². The molecule has 148 valence electrons. The number of nitrogens with zero attached hydrogens (tertiary/aromatic N) is 2. The molecular formula is C20H23ClN4O2S. The quantitative estimate of drug-likeness (QED) is 0.666. The third kappa shape index (κ3) is 4.07. The number of halogens is 1. The van der Waals surface area contributed by atoms with Crippen LogP contribution in [0.15, 0.2) is 24.3 Å². The molecule has 1 atom stereocenters. The molecule has 1 aliphatic rings. The number of nitrogens with one attached hydrogen (secondary N) is 2. The van der Waals surface area contributed by atoms with Crippen LogP contribution in [0, 0.1) is 0 Å². The first-order valence-corrected chi connectivity index (χ1v) is 10.5. The SMILES string of the molecule is COC[C@H](NC(=O)c1cc2c(s1)CCN(C)CC2)c1nc2ccc(Cl)cc2[nH]1. The van der Waals surface area contributed by atoms with Crippen molar-refractivity contribution in [2.75, 3.05) is 33.9 Å². The number of carbonyl (C=O) groups is 1. The van der Waals surface area contributed by atoms with Crippen molar-refractivity contribution < 1.29 is 9.53 Å². The van der Waals surface area contributed by atoms with Crippen molar-refractivity contribution in [3.05, 3.63) is 50.4 Å². The Hall–Kier alpha value is -1.93. The maximum Gasteiger partial charge on any atom is 0.262 e. The van der Waals surface area contributed by atoms with Crippen LogP contribution in [0.5, 0.6) is 0 Å². The summed E-state index contributed by atoms with van der Waals surface area (Å²) in [6, 6.07) is 7.16. The number of hydrogen-bond acceptors (Lipinski definition) is 5. The highest BCUT2D eigenvalue weighted by atomic mass is 35.5. The maximum atomic E-state index is 12.9. The number of likely N-dealkylation sites (N-methyl/N-ethyl adjacent to an activating group) is 1. The smallest absolute Gasteiger partial charge is 0.262 e. The highest BCUT2D eigenvalue weighted by molar-refractivity contribution is 7.14. The first-order valence-electron chi connectivity index (χ1n) is 9.28. The summed E-state index contributed by atoms with van der Waals surface area (Å²) in [4.78, 5) is 25.1. The monoisotopic (exact) mass is 418 g/mol. The summed E-state index contributed by atoms with van der Waals surface area (Å²) >= 11 is 7.65. The average Bonchev–Trinajstić information content (AvgIpc) is 3.23. The highest BCUT2D eigenvalue weighted by Crippen LogP contribution is 2.27. The number of aromatic amines is 1. The summed E-state index contributed by atoms with van der Waals surface area (Å²) in [6.07, 6.45) is 1.98. The zero-order chi connectivity index (χ0) is 19.7. The van der Waals surface area contributed by atoms with Gasteiger partial charge in [-0.15, -0.1) is 11.3 Å². The Kier molecular flexibility index (Phi) is 5.68. The summed E-state index contributed by atoms with van der Waals surface area (Å²) in [5.41, 5.74) is 2.94. The molecule has 0 saturated carbocycles. The molecule has 2 aromatic heterocycles. The normalized spacial score (nSPS) is 16.0.